The number of rotatable bonds is 4. The van der Waals surface area contributed by atoms with E-state index in [2.05, 4.69) is 38.1 Å². The lowest BCUT2D eigenvalue weighted by Gasteiger charge is -2.24. The summed E-state index contributed by atoms with van der Waals surface area (Å²) >= 11 is 0. The highest BCUT2D eigenvalue weighted by atomic mass is 19.1. The molecule has 0 aliphatic carbocycles. The maximum absolute atomic E-state index is 13.4. The number of aryl methyl sites for hydroxylation is 1. The number of fused-ring (bicyclic) bond motifs is 1. The molecule has 0 amide bonds. The van der Waals surface area contributed by atoms with Crippen molar-refractivity contribution in [3.63, 3.8) is 0 Å². The average Bonchev–Trinajstić information content (AvgIpc) is 3.00. The molecule has 0 spiro atoms. The first-order valence-corrected chi connectivity index (χ1v) is 9.14. The van der Waals surface area contributed by atoms with Crippen LogP contribution in [-0.2, 0) is 13.0 Å². The summed E-state index contributed by atoms with van der Waals surface area (Å²) in [6.45, 7) is 6.69. The molecule has 0 saturated carbocycles. The Morgan fingerprint density at radius 2 is 2.04 bits per heavy atom. The second kappa shape index (κ2) is 7.37. The maximum atomic E-state index is 13.4. The Kier molecular flexibility index (Phi) is 4.79. The zero-order valence-corrected chi connectivity index (χ0v) is 15.0. The molecule has 4 rings (SSSR count). The van der Waals surface area contributed by atoms with Crippen molar-refractivity contribution in [3.05, 3.63) is 53.7 Å². The summed E-state index contributed by atoms with van der Waals surface area (Å²) < 4.78 is 15.2. The summed E-state index contributed by atoms with van der Waals surface area (Å²) in [6, 6.07) is 9.01. The van der Waals surface area contributed by atoms with E-state index in [9.17, 15) is 4.39 Å². The molecule has 1 aliphatic heterocycles. The summed E-state index contributed by atoms with van der Waals surface area (Å²) in [7, 11) is 0. The summed E-state index contributed by atoms with van der Waals surface area (Å²) in [4.78, 5) is 4.76. The van der Waals surface area contributed by atoms with Gasteiger partial charge in [0.05, 0.1) is 11.4 Å². The normalized spacial score (nSPS) is 16.2. The van der Waals surface area contributed by atoms with Crippen LogP contribution >= 0.6 is 0 Å². The van der Waals surface area contributed by atoms with E-state index in [1.807, 2.05) is 6.07 Å². The van der Waals surface area contributed by atoms with E-state index in [-0.39, 0.29) is 5.82 Å². The SMILES string of the molecule is CCc1cc(N2CCCN(Cc3cccc(F)c3)CC2)c2nncn2n1. The zero-order chi connectivity index (χ0) is 17.9. The average molecular weight is 354 g/mol. The first-order chi connectivity index (χ1) is 12.7. The van der Waals surface area contributed by atoms with Gasteiger partial charge in [-0.1, -0.05) is 19.1 Å². The van der Waals surface area contributed by atoms with E-state index < -0.39 is 0 Å². The monoisotopic (exact) mass is 354 g/mol. The van der Waals surface area contributed by atoms with Gasteiger partial charge in [-0.2, -0.15) is 9.61 Å². The summed E-state index contributed by atoms with van der Waals surface area (Å²) in [6.07, 6.45) is 3.59. The van der Waals surface area contributed by atoms with Gasteiger partial charge < -0.3 is 4.90 Å². The van der Waals surface area contributed by atoms with E-state index in [4.69, 9.17) is 0 Å². The number of aromatic nitrogens is 4. The van der Waals surface area contributed by atoms with Crippen molar-refractivity contribution in [1.82, 2.24) is 24.7 Å². The number of nitrogens with zero attached hydrogens (tertiary/aromatic N) is 6. The Balaban J connectivity index is 1.51. The molecule has 0 radical (unpaired) electrons. The molecule has 1 saturated heterocycles. The van der Waals surface area contributed by atoms with Crippen LogP contribution in [0.5, 0.6) is 0 Å². The van der Waals surface area contributed by atoms with Crippen LogP contribution in [0.3, 0.4) is 0 Å². The highest BCUT2D eigenvalue weighted by Gasteiger charge is 2.19. The lowest BCUT2D eigenvalue weighted by molar-refractivity contribution is 0.285. The topological polar surface area (TPSA) is 49.6 Å². The third-order valence-electron chi connectivity index (χ3n) is 4.89. The third-order valence-corrected chi connectivity index (χ3v) is 4.89. The van der Waals surface area contributed by atoms with Crippen LogP contribution in [0, 0.1) is 5.82 Å². The number of halogens is 1. The molecule has 2 aromatic heterocycles. The van der Waals surface area contributed by atoms with Gasteiger partial charge in [-0.05, 0) is 36.6 Å². The molecule has 1 aromatic carbocycles. The molecule has 26 heavy (non-hydrogen) atoms. The van der Waals surface area contributed by atoms with Crippen molar-refractivity contribution in [2.45, 2.75) is 26.3 Å². The summed E-state index contributed by atoms with van der Waals surface area (Å²) in [5, 5.41) is 12.8. The minimum Gasteiger partial charge on any atom is -0.367 e. The first-order valence-electron chi connectivity index (χ1n) is 9.14. The smallest absolute Gasteiger partial charge is 0.200 e. The largest absolute Gasteiger partial charge is 0.367 e. The van der Waals surface area contributed by atoms with Crippen molar-refractivity contribution < 1.29 is 4.39 Å². The van der Waals surface area contributed by atoms with Gasteiger partial charge in [-0.15, -0.1) is 10.2 Å². The number of hydrogen-bond donors (Lipinski definition) is 0. The highest BCUT2D eigenvalue weighted by molar-refractivity contribution is 5.68. The fraction of sp³-hybridized carbons (Fsp3) is 0.421. The molecular formula is C19H23FN6. The van der Waals surface area contributed by atoms with Gasteiger partial charge in [0.1, 0.15) is 12.1 Å². The summed E-state index contributed by atoms with van der Waals surface area (Å²) in [5.41, 5.74) is 3.96. The van der Waals surface area contributed by atoms with E-state index in [0.29, 0.717) is 0 Å². The van der Waals surface area contributed by atoms with Gasteiger partial charge in [0.2, 0.25) is 5.65 Å². The predicted molar refractivity (Wildman–Crippen MR) is 98.7 cm³/mol. The maximum Gasteiger partial charge on any atom is 0.200 e. The molecule has 1 fully saturated rings. The first kappa shape index (κ1) is 16.9. The third kappa shape index (κ3) is 3.53. The van der Waals surface area contributed by atoms with Crippen LogP contribution in [0.2, 0.25) is 0 Å². The molecule has 0 N–H and O–H groups in total. The molecule has 0 atom stereocenters. The molecule has 3 heterocycles. The van der Waals surface area contributed by atoms with Crippen molar-refractivity contribution in [2.75, 3.05) is 31.1 Å². The van der Waals surface area contributed by atoms with Crippen LogP contribution in [0.4, 0.5) is 10.1 Å². The van der Waals surface area contributed by atoms with E-state index in [1.165, 1.54) is 6.07 Å². The van der Waals surface area contributed by atoms with E-state index in [1.54, 1.807) is 23.0 Å². The van der Waals surface area contributed by atoms with Gasteiger partial charge in [-0.3, -0.25) is 4.90 Å². The van der Waals surface area contributed by atoms with Crippen molar-refractivity contribution in [2.24, 2.45) is 0 Å². The Labute approximate surface area is 152 Å². The molecule has 136 valence electrons. The fourth-order valence-electron chi connectivity index (χ4n) is 3.53. The summed E-state index contributed by atoms with van der Waals surface area (Å²) in [5.74, 6) is -0.169. The number of anilines is 1. The van der Waals surface area contributed by atoms with Gasteiger partial charge in [0.15, 0.2) is 0 Å². The molecule has 0 unspecified atom stereocenters. The minimum absolute atomic E-state index is 0.169. The number of hydrogen-bond acceptors (Lipinski definition) is 5. The molecule has 0 bridgehead atoms. The van der Waals surface area contributed by atoms with Crippen molar-refractivity contribution >= 4 is 11.3 Å². The van der Waals surface area contributed by atoms with Crippen molar-refractivity contribution in [1.29, 1.82) is 0 Å². The van der Waals surface area contributed by atoms with Crippen LogP contribution in [0.15, 0.2) is 36.7 Å². The second-order valence-electron chi connectivity index (χ2n) is 6.72. The Hall–Kier alpha value is -2.54. The lowest BCUT2D eigenvalue weighted by Crippen LogP contribution is -2.31. The fourth-order valence-corrected chi connectivity index (χ4v) is 3.53. The zero-order valence-electron chi connectivity index (χ0n) is 15.0. The quantitative estimate of drug-likeness (QED) is 0.721. The Morgan fingerprint density at radius 3 is 2.88 bits per heavy atom. The van der Waals surface area contributed by atoms with Gasteiger partial charge in [0, 0.05) is 32.7 Å². The van der Waals surface area contributed by atoms with Crippen LogP contribution in [-0.4, -0.2) is 50.9 Å². The molecule has 1 aliphatic rings. The van der Waals surface area contributed by atoms with E-state index in [0.717, 1.165) is 68.2 Å². The van der Waals surface area contributed by atoms with Gasteiger partial charge >= 0.3 is 0 Å². The Morgan fingerprint density at radius 1 is 1.12 bits per heavy atom. The van der Waals surface area contributed by atoms with Crippen molar-refractivity contribution in [3.8, 4) is 0 Å². The molecule has 7 heteroatoms. The molecule has 6 nitrogen and oxygen atoms in total. The Bertz CT molecular complexity index is 893. The highest BCUT2D eigenvalue weighted by Crippen LogP contribution is 2.22. The van der Waals surface area contributed by atoms with E-state index >= 15 is 0 Å². The van der Waals surface area contributed by atoms with Crippen LogP contribution in [0.25, 0.3) is 5.65 Å². The number of benzene rings is 1. The standard InChI is InChI=1S/C19H23FN6/c1-2-17-12-18(19-22-21-14-26(19)23-17)25-8-4-7-24(9-10-25)13-15-5-3-6-16(20)11-15/h3,5-6,11-12,14H,2,4,7-10,13H2,1H3. The van der Waals surface area contributed by atoms with Crippen LogP contribution in [0.1, 0.15) is 24.6 Å². The molecular weight excluding hydrogens is 331 g/mol. The van der Waals surface area contributed by atoms with Gasteiger partial charge in [-0.25, -0.2) is 4.39 Å². The van der Waals surface area contributed by atoms with Gasteiger partial charge in [0.25, 0.3) is 0 Å². The minimum atomic E-state index is -0.169. The predicted octanol–water partition coefficient (Wildman–Crippen LogP) is 2.54. The van der Waals surface area contributed by atoms with Crippen LogP contribution < -0.4 is 4.90 Å². The molecule has 3 aromatic rings. The lowest BCUT2D eigenvalue weighted by atomic mass is 10.2. The second-order valence-corrected chi connectivity index (χ2v) is 6.72.